The van der Waals surface area contributed by atoms with Crippen LogP contribution in [0.25, 0.3) is 9.53 Å². The van der Waals surface area contributed by atoms with Crippen LogP contribution in [0, 0.1) is 0 Å². The third-order valence-corrected chi connectivity index (χ3v) is 8.94. The zero-order valence-corrected chi connectivity index (χ0v) is 28.9. The van der Waals surface area contributed by atoms with E-state index in [9.17, 15) is 9.59 Å². The van der Waals surface area contributed by atoms with Gasteiger partial charge in [-0.2, -0.15) is 0 Å². The van der Waals surface area contributed by atoms with Crippen molar-refractivity contribution < 1.29 is 23.8 Å². The summed E-state index contributed by atoms with van der Waals surface area (Å²) < 4.78 is 17.4. The number of thiazole rings is 1. The number of likely N-dealkylation sites (N-methyl/N-ethyl adjacent to an activating group) is 1. The Labute approximate surface area is 288 Å². The van der Waals surface area contributed by atoms with Crippen molar-refractivity contribution in [3.8, 4) is 5.75 Å². The normalized spacial score (nSPS) is 12.0. The molecule has 252 valence electrons. The summed E-state index contributed by atoms with van der Waals surface area (Å²) in [5.74, 6) is -0.357. The minimum absolute atomic E-state index is 0.282. The predicted octanol–water partition coefficient (Wildman–Crippen LogP) is 10.5. The Hall–Kier alpha value is -4.75. The van der Waals surface area contributed by atoms with Crippen LogP contribution in [0.4, 0.5) is 27.2 Å². The lowest BCUT2D eigenvalue weighted by molar-refractivity contribution is -0.158. The zero-order chi connectivity index (χ0) is 34.1. The molecule has 0 amide bonds. The molecule has 4 rings (SSSR count). The number of hydrogen-bond acceptors (Lipinski definition) is 13. The van der Waals surface area contributed by atoms with Gasteiger partial charge in [-0.1, -0.05) is 68.4 Å². The number of hydrogen-bond donors (Lipinski definition) is 0. The summed E-state index contributed by atoms with van der Waals surface area (Å²) in [6.45, 7) is 12.7. The van der Waals surface area contributed by atoms with E-state index in [1.54, 1.807) is 24.3 Å². The van der Waals surface area contributed by atoms with Gasteiger partial charge >= 0.3 is 11.9 Å². The molecular weight excluding hydrogens is 649 g/mol. The molecule has 4 aromatic rings. The molecule has 2 aromatic heterocycles. The van der Waals surface area contributed by atoms with E-state index in [-0.39, 0.29) is 6.61 Å². The van der Waals surface area contributed by atoms with Gasteiger partial charge in [0.25, 0.3) is 0 Å². The van der Waals surface area contributed by atoms with Crippen LogP contribution < -0.4 is 9.64 Å². The molecular formula is C35H40N6O5S2. The van der Waals surface area contributed by atoms with E-state index in [4.69, 9.17) is 14.2 Å². The fourth-order valence-electron chi connectivity index (χ4n) is 4.50. The van der Waals surface area contributed by atoms with E-state index in [0.29, 0.717) is 35.2 Å². The molecule has 0 aliphatic heterocycles. The number of fused-ring (bicyclic) bond motifs is 1. The van der Waals surface area contributed by atoms with E-state index in [2.05, 4.69) is 50.4 Å². The Kier molecular flexibility index (Phi) is 14.4. The average molecular weight is 689 g/mol. The fourth-order valence-corrected chi connectivity index (χ4v) is 6.35. The third-order valence-electron chi connectivity index (χ3n) is 7.01. The van der Waals surface area contributed by atoms with E-state index in [0.717, 1.165) is 58.2 Å². The van der Waals surface area contributed by atoms with Crippen LogP contribution in [0.5, 0.6) is 5.75 Å². The maximum Gasteiger partial charge on any atom is 0.333 e. The maximum absolute atomic E-state index is 11.8. The van der Waals surface area contributed by atoms with Crippen molar-refractivity contribution in [2.24, 2.45) is 20.5 Å². The highest BCUT2D eigenvalue weighted by Gasteiger charge is 2.15. The Bertz CT molecular complexity index is 1670. The van der Waals surface area contributed by atoms with Gasteiger partial charge in [0.15, 0.2) is 0 Å². The summed E-state index contributed by atoms with van der Waals surface area (Å²) in [6, 6.07) is 16.8. The molecule has 2 heterocycles. The van der Waals surface area contributed by atoms with Crippen LogP contribution in [-0.2, 0) is 19.1 Å². The van der Waals surface area contributed by atoms with E-state index in [1.165, 1.54) is 35.5 Å². The van der Waals surface area contributed by atoms with Gasteiger partial charge in [0.05, 0.1) is 22.6 Å². The number of rotatable bonds is 20. The van der Waals surface area contributed by atoms with Crippen LogP contribution in [0.3, 0.4) is 0 Å². The third kappa shape index (κ3) is 11.5. The largest absolute Gasteiger partial charge is 0.461 e. The standard InChI is InChI=1S/C35H40N6O5S2/c1-5-9-10-11-12-13-33(46-32(43)7-3)45-28-20-16-26(17-21-28)37-39-30-24-29-34(48-30)36-35(47-29)40-38-25-14-18-27(19-15-25)41(8-4)22-23-44-31(42)6-2/h6-7,14-21,24,33H,2-3,5,8-13,22-23H2,1,4H3. The molecule has 1 unspecified atom stereocenters. The number of aromatic nitrogens is 1. The lowest BCUT2D eigenvalue weighted by Crippen LogP contribution is -2.27. The molecule has 0 aliphatic rings. The van der Waals surface area contributed by atoms with Crippen LogP contribution in [0.1, 0.15) is 52.4 Å². The van der Waals surface area contributed by atoms with Crippen LogP contribution >= 0.6 is 22.7 Å². The second-order valence-electron chi connectivity index (χ2n) is 10.5. The number of carbonyl (C=O) groups excluding carboxylic acids is 2. The van der Waals surface area contributed by atoms with Crippen molar-refractivity contribution in [2.45, 2.75) is 58.7 Å². The number of azo groups is 2. The van der Waals surface area contributed by atoms with E-state index < -0.39 is 18.2 Å². The van der Waals surface area contributed by atoms with Gasteiger partial charge in [-0.05, 0) is 67.9 Å². The summed E-state index contributed by atoms with van der Waals surface area (Å²) in [6.07, 6.45) is 7.72. The SMILES string of the molecule is C=CC(=O)OCCN(CC)c1ccc(N=Nc2nc3sc(N=Nc4ccc(OC(CCCCCCC)OC(=O)C=C)cc4)cc3s2)cc1. The zero-order valence-electron chi connectivity index (χ0n) is 27.2. The Morgan fingerprint density at radius 1 is 0.875 bits per heavy atom. The molecule has 0 bridgehead atoms. The number of unbranched alkanes of at least 4 members (excludes halogenated alkanes) is 4. The van der Waals surface area contributed by atoms with Crippen LogP contribution in [0.15, 0.2) is 100 Å². The average Bonchev–Trinajstić information content (AvgIpc) is 3.67. The summed E-state index contributed by atoms with van der Waals surface area (Å²) in [7, 11) is 0. The molecule has 0 saturated carbocycles. The maximum atomic E-state index is 11.8. The first-order chi connectivity index (χ1) is 23.4. The molecule has 0 fully saturated rings. The highest BCUT2D eigenvalue weighted by Crippen LogP contribution is 2.39. The monoisotopic (exact) mass is 688 g/mol. The topological polar surface area (TPSA) is 127 Å². The van der Waals surface area contributed by atoms with Gasteiger partial charge in [-0.3, -0.25) is 0 Å². The number of carbonyl (C=O) groups is 2. The highest BCUT2D eigenvalue weighted by molar-refractivity contribution is 7.30. The van der Waals surface area contributed by atoms with Gasteiger partial charge in [-0.15, -0.1) is 20.5 Å². The number of ether oxygens (including phenoxy) is 3. The minimum atomic E-state index is -0.675. The van der Waals surface area contributed by atoms with Gasteiger partial charge in [0.1, 0.15) is 22.2 Å². The Morgan fingerprint density at radius 2 is 1.56 bits per heavy atom. The van der Waals surface area contributed by atoms with Crippen molar-refractivity contribution in [1.29, 1.82) is 0 Å². The Morgan fingerprint density at radius 3 is 2.23 bits per heavy atom. The molecule has 0 spiro atoms. The highest BCUT2D eigenvalue weighted by atomic mass is 32.1. The molecule has 0 aliphatic carbocycles. The van der Waals surface area contributed by atoms with Crippen LogP contribution in [0.2, 0.25) is 0 Å². The second-order valence-corrected chi connectivity index (χ2v) is 12.5. The fraction of sp³-hybridized carbons (Fsp3) is 0.343. The molecule has 0 saturated heterocycles. The molecule has 0 N–H and O–H groups in total. The first-order valence-electron chi connectivity index (χ1n) is 15.9. The lowest BCUT2D eigenvalue weighted by Gasteiger charge is -2.22. The smallest absolute Gasteiger partial charge is 0.333 e. The van der Waals surface area contributed by atoms with Gasteiger partial charge in [-0.25, -0.2) is 14.6 Å². The quantitative estimate of drug-likeness (QED) is 0.0297. The second kappa shape index (κ2) is 19.2. The van der Waals surface area contributed by atoms with Crippen molar-refractivity contribution >= 4 is 71.3 Å². The van der Waals surface area contributed by atoms with Gasteiger partial charge < -0.3 is 19.1 Å². The predicted molar refractivity (Wildman–Crippen MR) is 192 cm³/mol. The summed E-state index contributed by atoms with van der Waals surface area (Å²) >= 11 is 2.85. The van der Waals surface area contributed by atoms with Crippen molar-refractivity contribution in [3.63, 3.8) is 0 Å². The summed E-state index contributed by atoms with van der Waals surface area (Å²) in [4.78, 5) is 30.6. The van der Waals surface area contributed by atoms with Gasteiger partial charge in [0, 0.05) is 30.8 Å². The molecule has 13 heteroatoms. The summed E-state index contributed by atoms with van der Waals surface area (Å²) in [5.41, 5.74) is 2.36. The molecule has 11 nitrogen and oxygen atoms in total. The first-order valence-corrected chi connectivity index (χ1v) is 17.5. The lowest BCUT2D eigenvalue weighted by atomic mass is 10.1. The number of esters is 2. The molecule has 1 atom stereocenters. The minimum Gasteiger partial charge on any atom is -0.461 e. The number of thiophene rings is 1. The first kappa shape index (κ1) is 36.1. The van der Waals surface area contributed by atoms with E-state index >= 15 is 0 Å². The molecule has 2 aromatic carbocycles. The van der Waals surface area contributed by atoms with E-state index in [1.807, 2.05) is 37.3 Å². The number of anilines is 1. The number of nitrogens with zero attached hydrogens (tertiary/aromatic N) is 6. The van der Waals surface area contributed by atoms with Crippen molar-refractivity contribution in [3.05, 3.63) is 79.9 Å². The van der Waals surface area contributed by atoms with Crippen LogP contribution in [-0.4, -0.2) is 42.9 Å². The van der Waals surface area contributed by atoms with Crippen molar-refractivity contribution in [2.75, 3.05) is 24.6 Å². The van der Waals surface area contributed by atoms with Crippen molar-refractivity contribution in [1.82, 2.24) is 4.98 Å². The molecule has 48 heavy (non-hydrogen) atoms. The number of benzene rings is 2. The summed E-state index contributed by atoms with van der Waals surface area (Å²) in [5, 5.41) is 18.7. The molecule has 0 radical (unpaired) electrons. The Balaban J connectivity index is 1.30. The van der Waals surface area contributed by atoms with Gasteiger partial charge in [0.2, 0.25) is 11.4 Å².